The fraction of sp³-hybridized carbons (Fsp3) is 0.618. The van der Waals surface area contributed by atoms with E-state index in [0.717, 1.165) is 69.1 Å². The van der Waals surface area contributed by atoms with Gasteiger partial charge in [0.1, 0.15) is 18.5 Å². The first-order chi connectivity index (χ1) is 19.8. The van der Waals surface area contributed by atoms with Crippen molar-refractivity contribution in [3.63, 3.8) is 0 Å². The zero-order chi connectivity index (χ0) is 29.2. The van der Waals surface area contributed by atoms with E-state index in [2.05, 4.69) is 13.0 Å². The van der Waals surface area contributed by atoms with Crippen LogP contribution in [-0.4, -0.2) is 47.6 Å². The van der Waals surface area contributed by atoms with Crippen molar-refractivity contribution in [3.05, 3.63) is 65.2 Å². The molecule has 1 fully saturated rings. The molecule has 0 saturated heterocycles. The summed E-state index contributed by atoms with van der Waals surface area (Å²) in [6.45, 7) is 6.19. The lowest BCUT2D eigenvalue weighted by atomic mass is 9.73. The van der Waals surface area contributed by atoms with Crippen LogP contribution in [0.1, 0.15) is 82.4 Å². The Morgan fingerprint density at radius 2 is 1.80 bits per heavy atom. The van der Waals surface area contributed by atoms with Gasteiger partial charge in [0.15, 0.2) is 6.29 Å². The molecule has 0 spiro atoms. The standard InChI is InChI=1S/C34H48O7/c1-4-5-7-14-27(41-34(37)40-23(2)3)16-17-28-29-18-25-13-10-15-32(30(25)19-26(29)20-31(28)35)38-22-33(36)39-21-24-11-8-6-9-12-24/h6,8-13,15,23,26-29,31,33,35-36H,4-5,7,14,16-22H2,1-3H3/t26-,27-,28+,29-,31+,33?/m0/s1. The summed E-state index contributed by atoms with van der Waals surface area (Å²) in [5.74, 6) is 1.71. The Morgan fingerprint density at radius 1 is 1.00 bits per heavy atom. The van der Waals surface area contributed by atoms with Gasteiger partial charge in [-0.1, -0.05) is 62.2 Å². The zero-order valence-electron chi connectivity index (χ0n) is 24.9. The van der Waals surface area contributed by atoms with E-state index in [1.165, 1.54) is 11.1 Å². The number of hydrogen-bond acceptors (Lipinski definition) is 7. The molecule has 2 aromatic carbocycles. The van der Waals surface area contributed by atoms with Crippen LogP contribution in [0.25, 0.3) is 0 Å². The predicted molar refractivity (Wildman–Crippen MR) is 158 cm³/mol. The van der Waals surface area contributed by atoms with Gasteiger partial charge < -0.3 is 29.2 Å². The maximum absolute atomic E-state index is 12.2. The van der Waals surface area contributed by atoms with Gasteiger partial charge in [-0.05, 0) is 99.3 Å². The molecule has 0 aromatic heterocycles. The molecule has 41 heavy (non-hydrogen) atoms. The van der Waals surface area contributed by atoms with Gasteiger partial charge in [-0.2, -0.15) is 0 Å². The Hall–Kier alpha value is -2.61. The van der Waals surface area contributed by atoms with Crippen LogP contribution >= 0.6 is 0 Å². The molecule has 1 unspecified atom stereocenters. The Kier molecular flexibility index (Phi) is 11.9. The third kappa shape index (κ3) is 9.19. The van der Waals surface area contributed by atoms with Crippen LogP contribution in [0.3, 0.4) is 0 Å². The highest BCUT2D eigenvalue weighted by atomic mass is 16.7. The van der Waals surface area contributed by atoms with Gasteiger partial charge in [-0.25, -0.2) is 4.79 Å². The largest absolute Gasteiger partial charge is 0.508 e. The van der Waals surface area contributed by atoms with Gasteiger partial charge in [-0.3, -0.25) is 0 Å². The Balaban J connectivity index is 1.33. The Bertz CT molecular complexity index is 1070. The van der Waals surface area contributed by atoms with Crippen molar-refractivity contribution in [2.75, 3.05) is 6.61 Å². The average molecular weight is 569 g/mol. The molecule has 1 saturated carbocycles. The molecule has 0 aliphatic heterocycles. The number of aliphatic hydroxyl groups is 2. The number of carbonyl (C=O) groups is 1. The molecule has 7 heteroatoms. The molecule has 0 bridgehead atoms. The summed E-state index contributed by atoms with van der Waals surface area (Å²) in [4.78, 5) is 12.2. The quantitative estimate of drug-likeness (QED) is 0.142. The first kappa shape index (κ1) is 31.3. The summed E-state index contributed by atoms with van der Waals surface area (Å²) < 4.78 is 22.6. The normalized spacial score (nSPS) is 23.0. The Morgan fingerprint density at radius 3 is 2.56 bits per heavy atom. The second kappa shape index (κ2) is 15.6. The molecule has 2 N–H and O–H groups in total. The summed E-state index contributed by atoms with van der Waals surface area (Å²) in [6, 6.07) is 15.9. The molecule has 4 rings (SSSR count). The number of rotatable bonds is 15. The molecule has 2 aliphatic rings. The topological polar surface area (TPSA) is 94.5 Å². The maximum atomic E-state index is 12.2. The van der Waals surface area contributed by atoms with Crippen LogP contribution in [-0.2, 0) is 33.7 Å². The second-order valence-electron chi connectivity index (χ2n) is 12.0. The second-order valence-corrected chi connectivity index (χ2v) is 12.0. The lowest BCUT2D eigenvalue weighted by Gasteiger charge is -2.33. The van der Waals surface area contributed by atoms with Gasteiger partial charge in [0.2, 0.25) is 0 Å². The van der Waals surface area contributed by atoms with Crippen LogP contribution in [0.2, 0.25) is 0 Å². The van der Waals surface area contributed by atoms with E-state index < -0.39 is 12.4 Å². The fourth-order valence-corrected chi connectivity index (χ4v) is 6.53. The molecule has 7 nitrogen and oxygen atoms in total. The van der Waals surface area contributed by atoms with Gasteiger partial charge in [0.25, 0.3) is 0 Å². The number of fused-ring (bicyclic) bond motifs is 2. The summed E-state index contributed by atoms with van der Waals surface area (Å²) in [5.41, 5.74) is 3.42. The highest BCUT2D eigenvalue weighted by molar-refractivity contribution is 5.60. The minimum Gasteiger partial charge on any atom is -0.488 e. The van der Waals surface area contributed by atoms with Crippen molar-refractivity contribution in [1.29, 1.82) is 0 Å². The van der Waals surface area contributed by atoms with E-state index in [0.29, 0.717) is 18.4 Å². The lowest BCUT2D eigenvalue weighted by Crippen LogP contribution is -2.29. The maximum Gasteiger partial charge on any atom is 0.508 e. The highest BCUT2D eigenvalue weighted by Crippen LogP contribution is 2.48. The lowest BCUT2D eigenvalue weighted by molar-refractivity contribution is -0.127. The van der Waals surface area contributed by atoms with Gasteiger partial charge >= 0.3 is 6.16 Å². The molecular formula is C34H48O7. The van der Waals surface area contributed by atoms with E-state index >= 15 is 0 Å². The molecule has 0 amide bonds. The third-order valence-corrected chi connectivity index (χ3v) is 8.56. The van der Waals surface area contributed by atoms with Crippen molar-refractivity contribution in [2.45, 2.75) is 110 Å². The number of unbranched alkanes of at least 4 members (excludes halogenated alkanes) is 2. The van der Waals surface area contributed by atoms with Crippen molar-refractivity contribution in [2.24, 2.45) is 17.8 Å². The van der Waals surface area contributed by atoms with E-state index in [1.54, 1.807) is 0 Å². The van der Waals surface area contributed by atoms with Gasteiger partial charge in [0.05, 0.1) is 18.8 Å². The monoisotopic (exact) mass is 568 g/mol. The average Bonchev–Trinajstić information content (AvgIpc) is 3.26. The molecule has 0 heterocycles. The van der Waals surface area contributed by atoms with Crippen LogP contribution in [0.4, 0.5) is 4.79 Å². The van der Waals surface area contributed by atoms with Crippen LogP contribution in [0.5, 0.6) is 5.75 Å². The number of ether oxygens (including phenoxy) is 4. The number of aliphatic hydroxyl groups excluding tert-OH is 2. The zero-order valence-corrected chi connectivity index (χ0v) is 24.9. The minimum atomic E-state index is -1.02. The summed E-state index contributed by atoms with van der Waals surface area (Å²) in [5, 5.41) is 21.5. The number of hydrogen-bond donors (Lipinski definition) is 2. The first-order valence-corrected chi connectivity index (χ1v) is 15.5. The molecule has 6 atom stereocenters. The van der Waals surface area contributed by atoms with E-state index in [4.69, 9.17) is 18.9 Å². The first-order valence-electron chi connectivity index (χ1n) is 15.5. The van der Waals surface area contributed by atoms with Gasteiger partial charge in [0, 0.05) is 0 Å². The van der Waals surface area contributed by atoms with Crippen molar-refractivity contribution in [1.82, 2.24) is 0 Å². The number of benzene rings is 2. The summed E-state index contributed by atoms with van der Waals surface area (Å²) in [6.07, 6.45) is 5.73. The van der Waals surface area contributed by atoms with Crippen LogP contribution < -0.4 is 4.74 Å². The molecule has 2 aromatic rings. The van der Waals surface area contributed by atoms with E-state index in [1.807, 2.05) is 56.3 Å². The SMILES string of the molecule is CCCCC[C@@H](CC[C@@H]1[C@H]2Cc3cccc(OCC(O)OCc4ccccc4)c3C[C@H]2C[C@H]1O)OC(=O)OC(C)C. The minimum absolute atomic E-state index is 0.0568. The van der Waals surface area contributed by atoms with Crippen LogP contribution in [0.15, 0.2) is 48.5 Å². The molecule has 2 aliphatic carbocycles. The molecular weight excluding hydrogens is 520 g/mol. The fourth-order valence-electron chi connectivity index (χ4n) is 6.53. The third-order valence-electron chi connectivity index (χ3n) is 8.56. The van der Waals surface area contributed by atoms with Crippen molar-refractivity contribution in [3.8, 4) is 5.75 Å². The van der Waals surface area contributed by atoms with Crippen molar-refractivity contribution < 1.29 is 34.0 Å². The van der Waals surface area contributed by atoms with Crippen LogP contribution in [0, 0.1) is 17.8 Å². The van der Waals surface area contributed by atoms with Gasteiger partial charge in [-0.15, -0.1) is 0 Å². The van der Waals surface area contributed by atoms with E-state index in [9.17, 15) is 15.0 Å². The summed E-state index contributed by atoms with van der Waals surface area (Å²) >= 11 is 0. The predicted octanol–water partition coefficient (Wildman–Crippen LogP) is 6.60. The smallest absolute Gasteiger partial charge is 0.488 e. The Labute approximate surface area is 245 Å². The molecule has 0 radical (unpaired) electrons. The van der Waals surface area contributed by atoms with E-state index in [-0.39, 0.29) is 30.8 Å². The summed E-state index contributed by atoms with van der Waals surface area (Å²) in [7, 11) is 0. The highest BCUT2D eigenvalue weighted by Gasteiger charge is 2.45. The molecule has 226 valence electrons. The van der Waals surface area contributed by atoms with Crippen molar-refractivity contribution >= 4 is 6.16 Å². The number of carbonyl (C=O) groups excluding carboxylic acids is 1.